The van der Waals surface area contributed by atoms with Crippen LogP contribution in [0.25, 0.3) is 11.8 Å². The van der Waals surface area contributed by atoms with Gasteiger partial charge in [-0.2, -0.15) is 5.26 Å². The quantitative estimate of drug-likeness (QED) is 0.322. The second-order valence-electron chi connectivity index (χ2n) is 7.80. The molecule has 0 atom stereocenters. The maximum atomic E-state index is 12.7. The molecular formula is C27H27N3O4. The van der Waals surface area contributed by atoms with Gasteiger partial charge in [-0.15, -0.1) is 0 Å². The number of aryl methyl sites for hydroxylation is 1. The molecule has 1 N–H and O–H groups in total. The highest BCUT2D eigenvalue weighted by atomic mass is 16.5. The molecule has 1 aromatic heterocycles. The van der Waals surface area contributed by atoms with Gasteiger partial charge >= 0.3 is 5.97 Å². The molecule has 0 spiro atoms. The van der Waals surface area contributed by atoms with Gasteiger partial charge in [0, 0.05) is 23.6 Å². The maximum Gasteiger partial charge on any atom is 0.338 e. The smallest absolute Gasteiger partial charge is 0.338 e. The molecule has 0 bridgehead atoms. The number of benzene rings is 2. The average molecular weight is 458 g/mol. The van der Waals surface area contributed by atoms with Crippen molar-refractivity contribution in [2.24, 2.45) is 0 Å². The van der Waals surface area contributed by atoms with Gasteiger partial charge < -0.3 is 19.4 Å². The predicted molar refractivity (Wildman–Crippen MR) is 130 cm³/mol. The van der Waals surface area contributed by atoms with Crippen LogP contribution in [0.2, 0.25) is 0 Å². The van der Waals surface area contributed by atoms with E-state index < -0.39 is 11.9 Å². The summed E-state index contributed by atoms with van der Waals surface area (Å²) in [6.45, 7) is 6.00. The highest BCUT2D eigenvalue weighted by Crippen LogP contribution is 2.27. The van der Waals surface area contributed by atoms with Crippen molar-refractivity contribution >= 4 is 18.0 Å². The zero-order valence-electron chi connectivity index (χ0n) is 19.9. The number of hydrogen-bond donors (Lipinski definition) is 1. The Morgan fingerprint density at radius 2 is 1.79 bits per heavy atom. The molecule has 174 valence electrons. The Morgan fingerprint density at radius 1 is 1.09 bits per heavy atom. The van der Waals surface area contributed by atoms with Gasteiger partial charge in [-0.05, 0) is 73.9 Å². The van der Waals surface area contributed by atoms with Crippen LogP contribution in [-0.4, -0.2) is 30.7 Å². The van der Waals surface area contributed by atoms with Crippen molar-refractivity contribution in [2.75, 3.05) is 14.2 Å². The van der Waals surface area contributed by atoms with Crippen molar-refractivity contribution < 1.29 is 19.1 Å². The summed E-state index contributed by atoms with van der Waals surface area (Å²) in [4.78, 5) is 24.8. The number of methoxy groups -OCH3 is 2. The third-order valence-electron chi connectivity index (χ3n) is 5.70. The van der Waals surface area contributed by atoms with Gasteiger partial charge in [-0.3, -0.25) is 4.79 Å². The highest BCUT2D eigenvalue weighted by molar-refractivity contribution is 6.01. The lowest BCUT2D eigenvalue weighted by atomic mass is 10.1. The number of nitriles is 1. The summed E-state index contributed by atoms with van der Waals surface area (Å²) in [6.07, 6.45) is 1.58. The van der Waals surface area contributed by atoms with Gasteiger partial charge in [-0.1, -0.05) is 18.2 Å². The number of esters is 1. The first-order valence-corrected chi connectivity index (χ1v) is 10.7. The van der Waals surface area contributed by atoms with E-state index in [1.165, 1.54) is 7.11 Å². The van der Waals surface area contributed by atoms with E-state index in [1.54, 1.807) is 25.3 Å². The second-order valence-corrected chi connectivity index (χ2v) is 7.80. The van der Waals surface area contributed by atoms with E-state index in [9.17, 15) is 14.9 Å². The first-order valence-electron chi connectivity index (χ1n) is 10.7. The van der Waals surface area contributed by atoms with E-state index in [0.717, 1.165) is 39.5 Å². The molecule has 1 amide bonds. The summed E-state index contributed by atoms with van der Waals surface area (Å²) in [7, 11) is 2.95. The van der Waals surface area contributed by atoms with Crippen LogP contribution in [0.15, 0.2) is 54.1 Å². The number of carbonyl (C=O) groups excluding carboxylic acids is 2. The number of ether oxygens (including phenoxy) is 2. The molecule has 2 aromatic carbocycles. The Kier molecular flexibility index (Phi) is 7.54. The largest absolute Gasteiger partial charge is 0.497 e. The molecule has 0 aliphatic carbocycles. The fourth-order valence-electron chi connectivity index (χ4n) is 3.83. The van der Waals surface area contributed by atoms with Gasteiger partial charge in [0.15, 0.2) is 0 Å². The van der Waals surface area contributed by atoms with Crippen LogP contribution < -0.4 is 10.1 Å². The minimum atomic E-state index is -0.452. The van der Waals surface area contributed by atoms with Gasteiger partial charge in [-0.25, -0.2) is 4.79 Å². The standard InChI is InChI=1S/C27H27N3O4/c1-17-13-21(19(3)30(17)25-8-6-7-24(18(25)2)27(32)34-5)14-22(15-28)26(31)29-16-20-9-11-23(33-4)12-10-20/h6-14H,16H2,1-5H3,(H,29,31). The Balaban J connectivity index is 1.88. The number of hydrogen-bond acceptors (Lipinski definition) is 5. The molecule has 0 fully saturated rings. The maximum absolute atomic E-state index is 12.7. The second kappa shape index (κ2) is 10.5. The summed E-state index contributed by atoms with van der Waals surface area (Å²) in [5, 5.41) is 12.4. The van der Waals surface area contributed by atoms with E-state index in [4.69, 9.17) is 9.47 Å². The third kappa shape index (κ3) is 5.02. The van der Waals surface area contributed by atoms with E-state index >= 15 is 0 Å². The average Bonchev–Trinajstić information content (AvgIpc) is 3.13. The van der Waals surface area contributed by atoms with Crippen molar-refractivity contribution in [3.05, 3.63) is 87.7 Å². The van der Waals surface area contributed by atoms with E-state index in [0.29, 0.717) is 12.1 Å². The summed E-state index contributed by atoms with van der Waals surface area (Å²) < 4.78 is 12.0. The Bertz CT molecular complexity index is 1290. The lowest BCUT2D eigenvalue weighted by Gasteiger charge is -2.15. The van der Waals surface area contributed by atoms with Crippen LogP contribution in [0.3, 0.4) is 0 Å². The molecular weight excluding hydrogens is 430 g/mol. The third-order valence-corrected chi connectivity index (χ3v) is 5.70. The molecule has 7 nitrogen and oxygen atoms in total. The SMILES string of the molecule is COC(=O)c1cccc(-n2c(C)cc(C=C(C#N)C(=O)NCc3ccc(OC)cc3)c2C)c1C. The Morgan fingerprint density at radius 3 is 2.41 bits per heavy atom. The van der Waals surface area contributed by atoms with Gasteiger partial charge in [0.25, 0.3) is 5.91 Å². The van der Waals surface area contributed by atoms with E-state index in [-0.39, 0.29) is 5.57 Å². The van der Waals surface area contributed by atoms with Crippen LogP contribution in [0.1, 0.15) is 38.4 Å². The van der Waals surface area contributed by atoms with Crippen molar-refractivity contribution in [1.29, 1.82) is 5.26 Å². The fourth-order valence-corrected chi connectivity index (χ4v) is 3.83. The summed E-state index contributed by atoms with van der Waals surface area (Å²) in [5.74, 6) is -0.121. The molecule has 0 aliphatic rings. The zero-order chi connectivity index (χ0) is 24.8. The molecule has 0 saturated heterocycles. The molecule has 3 aromatic rings. The van der Waals surface area contributed by atoms with E-state index in [1.807, 2.05) is 67.8 Å². The van der Waals surface area contributed by atoms with Crippen LogP contribution >= 0.6 is 0 Å². The van der Waals surface area contributed by atoms with Crippen LogP contribution in [-0.2, 0) is 16.1 Å². The molecule has 0 unspecified atom stereocenters. The van der Waals surface area contributed by atoms with Crippen molar-refractivity contribution in [1.82, 2.24) is 9.88 Å². The molecule has 7 heteroatoms. The summed E-state index contributed by atoms with van der Waals surface area (Å²) >= 11 is 0. The highest BCUT2D eigenvalue weighted by Gasteiger charge is 2.17. The van der Waals surface area contributed by atoms with Crippen molar-refractivity contribution in [2.45, 2.75) is 27.3 Å². The van der Waals surface area contributed by atoms with Crippen LogP contribution in [0, 0.1) is 32.1 Å². The number of rotatable bonds is 7. The molecule has 3 rings (SSSR count). The molecule has 0 aliphatic heterocycles. The Labute approximate surface area is 199 Å². The molecule has 0 saturated carbocycles. The molecule has 0 radical (unpaired) electrons. The predicted octanol–water partition coefficient (Wildman–Crippen LogP) is 4.42. The van der Waals surface area contributed by atoms with Crippen LogP contribution in [0.5, 0.6) is 5.75 Å². The Hall–Kier alpha value is -4.31. The monoisotopic (exact) mass is 457 g/mol. The number of nitrogens with one attached hydrogen (secondary N) is 1. The minimum Gasteiger partial charge on any atom is -0.497 e. The van der Waals surface area contributed by atoms with Gasteiger partial charge in [0.05, 0.1) is 19.8 Å². The summed E-state index contributed by atoms with van der Waals surface area (Å²) in [6, 6.07) is 16.7. The number of nitrogens with zero attached hydrogens (tertiary/aromatic N) is 2. The number of amides is 1. The number of carbonyl (C=O) groups is 2. The molecule has 34 heavy (non-hydrogen) atoms. The van der Waals surface area contributed by atoms with Gasteiger partial charge in [0.2, 0.25) is 0 Å². The number of aromatic nitrogens is 1. The molecule has 1 heterocycles. The fraction of sp³-hybridized carbons (Fsp3) is 0.222. The minimum absolute atomic E-state index is 0.00814. The lowest BCUT2D eigenvalue weighted by molar-refractivity contribution is -0.117. The van der Waals surface area contributed by atoms with Crippen molar-refractivity contribution in [3.8, 4) is 17.5 Å². The van der Waals surface area contributed by atoms with Gasteiger partial charge in [0.1, 0.15) is 17.4 Å². The lowest BCUT2D eigenvalue weighted by Crippen LogP contribution is -2.23. The van der Waals surface area contributed by atoms with Crippen LogP contribution in [0.4, 0.5) is 0 Å². The topological polar surface area (TPSA) is 93.4 Å². The first-order chi connectivity index (χ1) is 16.3. The first kappa shape index (κ1) is 24.3. The van der Waals surface area contributed by atoms with Crippen molar-refractivity contribution in [3.63, 3.8) is 0 Å². The van der Waals surface area contributed by atoms with E-state index in [2.05, 4.69) is 5.32 Å². The zero-order valence-corrected chi connectivity index (χ0v) is 19.9. The normalized spacial score (nSPS) is 11.0. The summed E-state index contributed by atoms with van der Waals surface area (Å²) in [5.41, 5.74) is 5.50.